The molecule has 2 aromatic rings. The molecule has 28 heavy (non-hydrogen) atoms. The summed E-state index contributed by atoms with van der Waals surface area (Å²) in [4.78, 5) is 15.8. The summed E-state index contributed by atoms with van der Waals surface area (Å²) in [5.74, 6) is 5.23. The molecule has 8 nitrogen and oxygen atoms in total. The first kappa shape index (κ1) is 18.5. The highest BCUT2D eigenvalue weighted by Gasteiger charge is 2.36. The maximum atomic E-state index is 12.8. The molecule has 0 spiro atoms. The van der Waals surface area contributed by atoms with Crippen molar-refractivity contribution in [3.05, 3.63) is 54.6 Å². The molecule has 2 aliphatic heterocycles. The fourth-order valence-corrected chi connectivity index (χ4v) is 4.84. The first-order valence-corrected chi connectivity index (χ1v) is 10.5. The quantitative estimate of drug-likeness (QED) is 0.451. The number of guanidine groups is 1. The normalized spacial score (nSPS) is 19.0. The van der Waals surface area contributed by atoms with Crippen LogP contribution in [-0.4, -0.2) is 38.3 Å². The van der Waals surface area contributed by atoms with Crippen LogP contribution in [0.4, 0.5) is 11.4 Å². The van der Waals surface area contributed by atoms with E-state index in [0.29, 0.717) is 37.6 Å². The third-order valence-electron chi connectivity index (χ3n) is 5.09. The van der Waals surface area contributed by atoms with Gasteiger partial charge in [0.15, 0.2) is 0 Å². The van der Waals surface area contributed by atoms with Crippen molar-refractivity contribution in [3.8, 4) is 0 Å². The van der Waals surface area contributed by atoms with E-state index in [-0.39, 0.29) is 16.7 Å². The fraction of sp³-hybridized carbons (Fsp3) is 0.263. The molecular weight excluding hydrogens is 378 g/mol. The molecule has 0 saturated carbocycles. The summed E-state index contributed by atoms with van der Waals surface area (Å²) in [5, 5.41) is 0. The van der Waals surface area contributed by atoms with Gasteiger partial charge in [0.2, 0.25) is 11.9 Å². The highest BCUT2D eigenvalue weighted by atomic mass is 32.2. The number of piperidine rings is 1. The minimum Gasteiger partial charge on any atom is -0.341 e. The molecule has 3 N–H and O–H groups in total. The number of anilines is 2. The number of hydrogen-bond donors (Lipinski definition) is 2. The lowest BCUT2D eigenvalue weighted by molar-refractivity contribution is -0.126. The second-order valence-electron chi connectivity index (χ2n) is 6.77. The Morgan fingerprint density at radius 1 is 1.04 bits per heavy atom. The van der Waals surface area contributed by atoms with Crippen LogP contribution in [0.25, 0.3) is 0 Å². The van der Waals surface area contributed by atoms with Crippen molar-refractivity contribution in [2.24, 2.45) is 16.2 Å². The standard InChI is InChI=1S/C19H21N5O3S/c20-21-18(25)14-10-12-23(13-11-14)19-22-28(26,27)17-9-5-4-8-16(17)24(19)15-6-2-1-3-7-15/h1-9,14H,10-13,20H2,(H,21,25). The number of rotatable bonds is 2. The Morgan fingerprint density at radius 3 is 2.36 bits per heavy atom. The summed E-state index contributed by atoms with van der Waals surface area (Å²) in [7, 11) is -3.81. The van der Waals surface area contributed by atoms with Gasteiger partial charge >= 0.3 is 0 Å². The van der Waals surface area contributed by atoms with Crippen LogP contribution in [0.3, 0.4) is 0 Å². The summed E-state index contributed by atoms with van der Waals surface area (Å²) in [6.45, 7) is 1.02. The van der Waals surface area contributed by atoms with E-state index in [1.165, 1.54) is 0 Å². The zero-order valence-corrected chi connectivity index (χ0v) is 16.0. The molecule has 2 aromatic carbocycles. The number of hydrazine groups is 1. The maximum Gasteiger partial charge on any atom is 0.287 e. The predicted octanol–water partition coefficient (Wildman–Crippen LogP) is 1.58. The molecule has 0 unspecified atom stereocenters. The second kappa shape index (κ2) is 7.25. The molecule has 2 aliphatic rings. The van der Waals surface area contributed by atoms with Crippen LogP contribution in [-0.2, 0) is 14.8 Å². The van der Waals surface area contributed by atoms with Gasteiger partial charge in [-0.2, -0.15) is 8.42 Å². The summed E-state index contributed by atoms with van der Waals surface area (Å²) < 4.78 is 29.7. The first-order valence-electron chi connectivity index (χ1n) is 9.06. The molecule has 2 heterocycles. The van der Waals surface area contributed by atoms with Gasteiger partial charge in [0, 0.05) is 24.7 Å². The van der Waals surface area contributed by atoms with E-state index in [2.05, 4.69) is 9.82 Å². The Bertz CT molecular complexity index is 1010. The van der Waals surface area contributed by atoms with E-state index >= 15 is 0 Å². The van der Waals surface area contributed by atoms with Gasteiger partial charge in [-0.05, 0) is 37.1 Å². The van der Waals surface area contributed by atoms with Crippen LogP contribution < -0.4 is 16.2 Å². The molecule has 146 valence electrons. The Labute approximate surface area is 163 Å². The Morgan fingerprint density at radius 2 is 1.68 bits per heavy atom. The highest BCUT2D eigenvalue weighted by Crippen LogP contribution is 2.37. The third-order valence-corrected chi connectivity index (χ3v) is 6.40. The lowest BCUT2D eigenvalue weighted by Crippen LogP contribution is -2.50. The molecular formula is C19H21N5O3S. The van der Waals surface area contributed by atoms with Crippen molar-refractivity contribution in [1.82, 2.24) is 10.3 Å². The van der Waals surface area contributed by atoms with Gasteiger partial charge in [0.1, 0.15) is 4.90 Å². The number of fused-ring (bicyclic) bond motifs is 1. The summed E-state index contributed by atoms with van der Waals surface area (Å²) in [5.41, 5.74) is 3.59. The maximum absolute atomic E-state index is 12.8. The number of nitrogens with two attached hydrogens (primary N) is 1. The van der Waals surface area contributed by atoms with Gasteiger partial charge in [-0.3, -0.25) is 15.1 Å². The van der Waals surface area contributed by atoms with Crippen molar-refractivity contribution in [3.63, 3.8) is 0 Å². The first-order chi connectivity index (χ1) is 13.5. The zero-order chi connectivity index (χ0) is 19.7. The van der Waals surface area contributed by atoms with Gasteiger partial charge in [-0.15, -0.1) is 4.40 Å². The Hall–Kier alpha value is -2.91. The van der Waals surface area contributed by atoms with Crippen LogP contribution >= 0.6 is 0 Å². The Kier molecular flexibility index (Phi) is 4.78. The third kappa shape index (κ3) is 3.23. The number of amides is 1. The topological polar surface area (TPSA) is 108 Å². The Balaban J connectivity index is 1.75. The molecule has 0 radical (unpaired) electrons. The monoisotopic (exact) mass is 399 g/mol. The molecule has 0 aromatic heterocycles. The van der Waals surface area contributed by atoms with Crippen LogP contribution in [0.2, 0.25) is 0 Å². The number of sulfonamides is 1. The van der Waals surface area contributed by atoms with E-state index in [4.69, 9.17) is 5.84 Å². The molecule has 1 fully saturated rings. The lowest BCUT2D eigenvalue weighted by atomic mass is 9.96. The average molecular weight is 399 g/mol. The smallest absolute Gasteiger partial charge is 0.287 e. The van der Waals surface area contributed by atoms with E-state index in [9.17, 15) is 13.2 Å². The fourth-order valence-electron chi connectivity index (χ4n) is 3.66. The van der Waals surface area contributed by atoms with E-state index < -0.39 is 10.0 Å². The number of para-hydroxylation sites is 2. The predicted molar refractivity (Wildman–Crippen MR) is 106 cm³/mol. The molecule has 0 atom stereocenters. The zero-order valence-electron chi connectivity index (χ0n) is 15.2. The van der Waals surface area contributed by atoms with Crippen molar-refractivity contribution in [2.45, 2.75) is 17.7 Å². The lowest BCUT2D eigenvalue weighted by Gasteiger charge is -2.40. The van der Waals surface area contributed by atoms with Crippen LogP contribution in [0.5, 0.6) is 0 Å². The molecule has 4 rings (SSSR count). The minimum absolute atomic E-state index is 0.181. The molecule has 1 amide bonds. The number of benzene rings is 2. The van der Waals surface area contributed by atoms with Gasteiger partial charge in [-0.1, -0.05) is 30.3 Å². The average Bonchev–Trinajstić information content (AvgIpc) is 2.73. The summed E-state index contributed by atoms with van der Waals surface area (Å²) in [6, 6.07) is 16.4. The number of carbonyl (C=O) groups excluding carboxylic acids is 1. The van der Waals surface area contributed by atoms with Crippen molar-refractivity contribution in [1.29, 1.82) is 0 Å². The SMILES string of the molecule is NNC(=O)C1CCN(C2=NS(=O)(=O)c3ccccc3N2c2ccccc2)CC1. The molecule has 1 saturated heterocycles. The minimum atomic E-state index is -3.81. The number of nitrogens with one attached hydrogen (secondary N) is 1. The van der Waals surface area contributed by atoms with Crippen LogP contribution in [0.1, 0.15) is 12.8 Å². The van der Waals surface area contributed by atoms with Crippen molar-refractivity contribution < 1.29 is 13.2 Å². The highest BCUT2D eigenvalue weighted by molar-refractivity contribution is 7.90. The number of carbonyl (C=O) groups is 1. The van der Waals surface area contributed by atoms with Gasteiger partial charge < -0.3 is 4.90 Å². The van der Waals surface area contributed by atoms with Crippen molar-refractivity contribution >= 4 is 33.3 Å². The van der Waals surface area contributed by atoms with Crippen LogP contribution in [0, 0.1) is 5.92 Å². The number of hydrogen-bond acceptors (Lipinski definition) is 6. The van der Waals surface area contributed by atoms with Gasteiger partial charge in [0.05, 0.1) is 5.69 Å². The number of likely N-dealkylation sites (tertiary alicyclic amines) is 1. The van der Waals surface area contributed by atoms with Crippen LogP contribution in [0.15, 0.2) is 63.9 Å². The molecule has 9 heteroatoms. The summed E-state index contributed by atoms with van der Waals surface area (Å²) in [6.07, 6.45) is 1.15. The van der Waals surface area contributed by atoms with Gasteiger partial charge in [0.25, 0.3) is 10.0 Å². The van der Waals surface area contributed by atoms with Crippen molar-refractivity contribution in [2.75, 3.05) is 18.0 Å². The second-order valence-corrected chi connectivity index (χ2v) is 8.35. The van der Waals surface area contributed by atoms with E-state index in [0.717, 1.165) is 5.69 Å². The van der Waals surface area contributed by atoms with Gasteiger partial charge in [-0.25, -0.2) is 5.84 Å². The molecule has 0 aliphatic carbocycles. The van der Waals surface area contributed by atoms with E-state index in [1.54, 1.807) is 18.2 Å². The number of nitrogens with zero attached hydrogens (tertiary/aromatic N) is 3. The largest absolute Gasteiger partial charge is 0.341 e. The summed E-state index contributed by atoms with van der Waals surface area (Å²) >= 11 is 0. The van der Waals surface area contributed by atoms with E-state index in [1.807, 2.05) is 46.2 Å². The molecule has 0 bridgehead atoms.